The number of hydrogen-bond acceptors (Lipinski definition) is 4. The highest BCUT2D eigenvalue weighted by atomic mass is 127. The molecule has 7 heteroatoms. The van der Waals surface area contributed by atoms with Crippen LogP contribution in [0.5, 0.6) is 0 Å². The number of anilines is 1. The number of para-hydroxylation sites is 1. The summed E-state index contributed by atoms with van der Waals surface area (Å²) < 4.78 is 0. The van der Waals surface area contributed by atoms with Gasteiger partial charge in [-0.1, -0.05) is 18.2 Å². The summed E-state index contributed by atoms with van der Waals surface area (Å²) in [5, 5.41) is 4.56. The summed E-state index contributed by atoms with van der Waals surface area (Å²) in [5.74, 6) is 0.976. The third-order valence-corrected chi connectivity index (χ3v) is 4.91. The lowest BCUT2D eigenvalue weighted by atomic mass is 10.2. The molecule has 130 valence electrons. The number of aryl methyl sites for hydroxylation is 1. The molecule has 1 aliphatic heterocycles. The van der Waals surface area contributed by atoms with Crippen molar-refractivity contribution in [2.24, 2.45) is 4.99 Å². The number of piperazine rings is 1. The number of nitrogens with one attached hydrogen (secondary N) is 1. The molecule has 2 aromatic rings. The Bertz CT molecular complexity index is 650. The maximum atomic E-state index is 4.43. The van der Waals surface area contributed by atoms with Crippen molar-refractivity contribution in [1.29, 1.82) is 0 Å². The molecule has 0 spiro atoms. The lowest BCUT2D eigenvalue weighted by Gasteiger charge is -2.37. The largest absolute Gasteiger partial charge is 0.368 e. The van der Waals surface area contributed by atoms with Gasteiger partial charge in [-0.2, -0.15) is 0 Å². The van der Waals surface area contributed by atoms with E-state index >= 15 is 0 Å². The monoisotopic (exact) mass is 457 g/mol. The van der Waals surface area contributed by atoms with Crippen molar-refractivity contribution in [2.45, 2.75) is 13.5 Å². The molecule has 1 aromatic heterocycles. The molecule has 0 bridgehead atoms. The highest BCUT2D eigenvalue weighted by molar-refractivity contribution is 14.0. The van der Waals surface area contributed by atoms with E-state index in [0.717, 1.165) is 43.7 Å². The predicted octanol–water partition coefficient (Wildman–Crippen LogP) is 2.97. The van der Waals surface area contributed by atoms with Gasteiger partial charge in [0.2, 0.25) is 0 Å². The standard InChI is InChI=1S/C17H23N5S.HI/c1-14-19-12-16(23-14)13-20-17(18-2)22-10-8-21(9-11-22)15-6-4-3-5-7-15;/h3-7,12H,8-11,13H2,1-2H3,(H,18,20);1H. The zero-order chi connectivity index (χ0) is 16.1. The normalized spacial score (nSPS) is 15.2. The van der Waals surface area contributed by atoms with E-state index in [4.69, 9.17) is 0 Å². The van der Waals surface area contributed by atoms with Crippen LogP contribution in [0.15, 0.2) is 41.5 Å². The van der Waals surface area contributed by atoms with Crippen molar-refractivity contribution in [3.8, 4) is 0 Å². The van der Waals surface area contributed by atoms with Gasteiger partial charge in [-0.05, 0) is 19.1 Å². The number of aliphatic imine (C=N–C) groups is 1. The number of halogens is 1. The van der Waals surface area contributed by atoms with Crippen LogP contribution in [-0.4, -0.2) is 49.1 Å². The topological polar surface area (TPSA) is 43.8 Å². The zero-order valence-electron chi connectivity index (χ0n) is 14.1. The minimum absolute atomic E-state index is 0. The highest BCUT2D eigenvalue weighted by Crippen LogP contribution is 2.16. The molecule has 0 amide bonds. The Hall–Kier alpha value is -1.35. The van der Waals surface area contributed by atoms with Gasteiger partial charge in [0.1, 0.15) is 0 Å². The van der Waals surface area contributed by atoms with Gasteiger partial charge < -0.3 is 15.1 Å². The number of rotatable bonds is 3. The van der Waals surface area contributed by atoms with Crippen molar-refractivity contribution >= 4 is 47.0 Å². The average Bonchev–Trinajstić information content (AvgIpc) is 3.02. The molecule has 0 atom stereocenters. The van der Waals surface area contributed by atoms with Crippen LogP contribution in [0.2, 0.25) is 0 Å². The first kappa shape index (κ1) is 19.0. The lowest BCUT2D eigenvalue weighted by Crippen LogP contribution is -2.52. The van der Waals surface area contributed by atoms with E-state index in [1.54, 1.807) is 11.3 Å². The molecule has 0 unspecified atom stereocenters. The van der Waals surface area contributed by atoms with Gasteiger partial charge in [-0.3, -0.25) is 4.99 Å². The van der Waals surface area contributed by atoms with Crippen molar-refractivity contribution in [2.75, 3.05) is 38.1 Å². The molecule has 0 radical (unpaired) electrons. The quantitative estimate of drug-likeness (QED) is 0.438. The minimum atomic E-state index is 0. The van der Waals surface area contributed by atoms with E-state index in [0.29, 0.717) is 0 Å². The second kappa shape index (κ2) is 9.22. The fourth-order valence-electron chi connectivity index (χ4n) is 2.80. The van der Waals surface area contributed by atoms with Crippen molar-refractivity contribution < 1.29 is 0 Å². The Labute approximate surface area is 164 Å². The number of guanidine groups is 1. The molecule has 5 nitrogen and oxygen atoms in total. The Morgan fingerprint density at radius 3 is 2.50 bits per heavy atom. The summed E-state index contributed by atoms with van der Waals surface area (Å²) in [7, 11) is 1.85. The van der Waals surface area contributed by atoms with Crippen molar-refractivity contribution in [1.82, 2.24) is 15.2 Å². The number of aromatic nitrogens is 1. The molecule has 1 fully saturated rings. The van der Waals surface area contributed by atoms with Crippen LogP contribution in [0.3, 0.4) is 0 Å². The SMILES string of the molecule is CN=C(NCc1cnc(C)s1)N1CCN(c2ccccc2)CC1.I. The molecule has 1 aliphatic rings. The molecule has 24 heavy (non-hydrogen) atoms. The molecular weight excluding hydrogens is 433 g/mol. The lowest BCUT2D eigenvalue weighted by molar-refractivity contribution is 0.372. The first-order valence-corrected chi connectivity index (χ1v) is 8.75. The fourth-order valence-corrected chi connectivity index (χ4v) is 3.54. The fraction of sp³-hybridized carbons (Fsp3) is 0.412. The van der Waals surface area contributed by atoms with Crippen LogP contribution in [-0.2, 0) is 6.54 Å². The molecule has 0 aliphatic carbocycles. The smallest absolute Gasteiger partial charge is 0.194 e. The third kappa shape index (κ3) is 4.83. The zero-order valence-corrected chi connectivity index (χ0v) is 17.3. The van der Waals surface area contributed by atoms with Crippen molar-refractivity contribution in [3.05, 3.63) is 46.4 Å². The number of benzene rings is 1. The molecule has 2 heterocycles. The van der Waals surface area contributed by atoms with Gasteiger partial charge in [-0.15, -0.1) is 35.3 Å². The summed E-state index contributed by atoms with van der Waals surface area (Å²) in [6.07, 6.45) is 1.94. The minimum Gasteiger partial charge on any atom is -0.368 e. The summed E-state index contributed by atoms with van der Waals surface area (Å²) in [6.45, 7) is 6.82. The van der Waals surface area contributed by atoms with Crippen LogP contribution in [0.25, 0.3) is 0 Å². The molecule has 1 N–H and O–H groups in total. The summed E-state index contributed by atoms with van der Waals surface area (Å²) in [4.78, 5) is 14.7. The van der Waals surface area contributed by atoms with Gasteiger partial charge in [0.15, 0.2) is 5.96 Å². The van der Waals surface area contributed by atoms with E-state index in [2.05, 4.69) is 55.4 Å². The summed E-state index contributed by atoms with van der Waals surface area (Å²) >= 11 is 1.73. The molecular formula is C17H24IN5S. The third-order valence-electron chi connectivity index (χ3n) is 4.00. The number of thiazole rings is 1. The van der Waals surface area contributed by atoms with Crippen LogP contribution >= 0.6 is 35.3 Å². The second-order valence-electron chi connectivity index (χ2n) is 5.56. The Balaban J connectivity index is 0.00000208. The molecule has 1 aromatic carbocycles. The predicted molar refractivity (Wildman–Crippen MR) is 113 cm³/mol. The molecule has 1 saturated heterocycles. The maximum absolute atomic E-state index is 4.43. The van der Waals surface area contributed by atoms with E-state index in [-0.39, 0.29) is 24.0 Å². The van der Waals surface area contributed by atoms with E-state index in [9.17, 15) is 0 Å². The van der Waals surface area contributed by atoms with Crippen LogP contribution in [0, 0.1) is 6.92 Å². The van der Waals surface area contributed by atoms with Gasteiger partial charge in [0.05, 0.1) is 11.6 Å². The summed E-state index contributed by atoms with van der Waals surface area (Å²) in [6, 6.07) is 10.6. The Kier molecular flexibility index (Phi) is 7.29. The number of nitrogens with zero attached hydrogens (tertiary/aromatic N) is 4. The van der Waals surface area contributed by atoms with Crippen molar-refractivity contribution in [3.63, 3.8) is 0 Å². The first-order chi connectivity index (χ1) is 11.3. The van der Waals surface area contributed by atoms with Gasteiger partial charge in [0.25, 0.3) is 0 Å². The van der Waals surface area contributed by atoms with E-state index < -0.39 is 0 Å². The molecule has 0 saturated carbocycles. The average molecular weight is 457 g/mol. The van der Waals surface area contributed by atoms with Gasteiger partial charge in [-0.25, -0.2) is 4.98 Å². The van der Waals surface area contributed by atoms with Crippen LogP contribution < -0.4 is 10.2 Å². The van der Waals surface area contributed by atoms with Gasteiger partial charge >= 0.3 is 0 Å². The maximum Gasteiger partial charge on any atom is 0.194 e. The van der Waals surface area contributed by atoms with Crippen LogP contribution in [0.1, 0.15) is 9.88 Å². The Morgan fingerprint density at radius 1 is 1.21 bits per heavy atom. The summed E-state index contributed by atoms with van der Waals surface area (Å²) in [5.41, 5.74) is 1.30. The first-order valence-electron chi connectivity index (χ1n) is 7.93. The molecule has 3 rings (SSSR count). The highest BCUT2D eigenvalue weighted by Gasteiger charge is 2.19. The van der Waals surface area contributed by atoms with Gasteiger partial charge in [0, 0.05) is 50.0 Å². The van der Waals surface area contributed by atoms with E-state index in [1.165, 1.54) is 10.6 Å². The second-order valence-corrected chi connectivity index (χ2v) is 6.88. The number of hydrogen-bond donors (Lipinski definition) is 1. The van der Waals surface area contributed by atoms with Crippen LogP contribution in [0.4, 0.5) is 5.69 Å². The Morgan fingerprint density at radius 2 is 1.92 bits per heavy atom. The van der Waals surface area contributed by atoms with E-state index in [1.807, 2.05) is 20.2 Å².